The number of carbonyl (C=O) groups excluding carboxylic acids is 1. The van der Waals surface area contributed by atoms with Gasteiger partial charge in [-0.2, -0.15) is 0 Å². The number of benzene rings is 2. The summed E-state index contributed by atoms with van der Waals surface area (Å²) in [7, 11) is -4.02. The number of thiophene rings is 1. The lowest BCUT2D eigenvalue weighted by Gasteiger charge is -2.27. The number of anilines is 2. The van der Waals surface area contributed by atoms with E-state index in [1.807, 2.05) is 6.07 Å². The zero-order valence-corrected chi connectivity index (χ0v) is 24.9. The van der Waals surface area contributed by atoms with Crippen molar-refractivity contribution >= 4 is 60.6 Å². The SMILES string of the molecule is O=C(OC1CNC(C#Cc2cc3ncnc(Nc4ccc(S(=O)(=O)c5cccc(F)c5)c(Cl)c4)c3s2)C1)N1CCOCC1. The van der Waals surface area contributed by atoms with Crippen molar-refractivity contribution in [3.63, 3.8) is 0 Å². The van der Waals surface area contributed by atoms with E-state index in [2.05, 4.69) is 32.4 Å². The van der Waals surface area contributed by atoms with Crippen LogP contribution in [0.3, 0.4) is 0 Å². The second-order valence-electron chi connectivity index (χ2n) is 9.85. The number of fused-ring (bicyclic) bond motifs is 1. The minimum absolute atomic E-state index is 0.0183. The smallest absolute Gasteiger partial charge is 0.410 e. The number of aromatic nitrogens is 2. The van der Waals surface area contributed by atoms with E-state index in [9.17, 15) is 17.6 Å². The van der Waals surface area contributed by atoms with Gasteiger partial charge in [-0.3, -0.25) is 5.32 Å². The van der Waals surface area contributed by atoms with E-state index in [0.29, 0.717) is 56.3 Å². The third-order valence-electron chi connectivity index (χ3n) is 6.90. The first-order valence-corrected chi connectivity index (χ1v) is 16.0. The van der Waals surface area contributed by atoms with Crippen LogP contribution in [0.1, 0.15) is 11.3 Å². The molecule has 2 atom stereocenters. The minimum Gasteiger partial charge on any atom is -0.445 e. The van der Waals surface area contributed by atoms with Crippen molar-refractivity contribution in [2.24, 2.45) is 0 Å². The van der Waals surface area contributed by atoms with E-state index in [1.54, 1.807) is 11.0 Å². The Hall–Kier alpha value is -3.80. The van der Waals surface area contributed by atoms with Crippen LogP contribution in [0.4, 0.5) is 20.7 Å². The lowest BCUT2D eigenvalue weighted by molar-refractivity contribution is 0.0156. The highest BCUT2D eigenvalue weighted by Crippen LogP contribution is 2.34. The summed E-state index contributed by atoms with van der Waals surface area (Å²) in [6.45, 7) is 2.64. The largest absolute Gasteiger partial charge is 0.445 e. The molecule has 2 saturated heterocycles. The molecule has 222 valence electrons. The molecule has 6 rings (SSSR count). The predicted molar refractivity (Wildman–Crippen MR) is 160 cm³/mol. The maximum absolute atomic E-state index is 13.6. The highest BCUT2D eigenvalue weighted by Gasteiger charge is 2.28. The van der Waals surface area contributed by atoms with Crippen LogP contribution >= 0.6 is 22.9 Å². The van der Waals surface area contributed by atoms with Gasteiger partial charge in [0.15, 0.2) is 5.82 Å². The fraction of sp³-hybridized carbons (Fsp3) is 0.276. The van der Waals surface area contributed by atoms with Gasteiger partial charge in [0.25, 0.3) is 0 Å². The number of hydrogen-bond acceptors (Lipinski definition) is 10. The third-order valence-corrected chi connectivity index (χ3v) is 10.2. The van der Waals surface area contributed by atoms with Crippen molar-refractivity contribution in [1.82, 2.24) is 20.2 Å². The number of hydrogen-bond donors (Lipinski definition) is 2. The minimum atomic E-state index is -4.02. The Morgan fingerprint density at radius 1 is 1.19 bits per heavy atom. The summed E-state index contributed by atoms with van der Waals surface area (Å²) >= 11 is 7.78. The van der Waals surface area contributed by atoms with Crippen LogP contribution in [0.5, 0.6) is 0 Å². The Kier molecular flexibility index (Phi) is 8.47. The molecule has 0 radical (unpaired) electrons. The third kappa shape index (κ3) is 6.58. The number of rotatable bonds is 5. The van der Waals surface area contributed by atoms with Crippen LogP contribution in [0.2, 0.25) is 5.02 Å². The van der Waals surface area contributed by atoms with Gasteiger partial charge in [-0.05, 0) is 42.5 Å². The molecule has 1 amide bonds. The van der Waals surface area contributed by atoms with E-state index < -0.39 is 15.7 Å². The monoisotopic (exact) mass is 641 g/mol. The zero-order chi connectivity index (χ0) is 30.0. The number of halogens is 2. The lowest BCUT2D eigenvalue weighted by atomic mass is 10.2. The molecular weight excluding hydrogens is 617 g/mol. The number of morpholine rings is 1. The van der Waals surface area contributed by atoms with E-state index >= 15 is 0 Å². The van der Waals surface area contributed by atoms with Gasteiger partial charge in [-0.15, -0.1) is 11.3 Å². The van der Waals surface area contributed by atoms with Crippen LogP contribution in [0, 0.1) is 17.7 Å². The Balaban J connectivity index is 1.13. The maximum atomic E-state index is 13.6. The number of ether oxygens (including phenoxy) is 2. The van der Waals surface area contributed by atoms with Gasteiger partial charge in [-0.1, -0.05) is 29.5 Å². The second-order valence-corrected chi connectivity index (χ2v) is 13.2. The fourth-order valence-electron chi connectivity index (χ4n) is 4.72. The number of carbonyl (C=O) groups is 1. The van der Waals surface area contributed by atoms with Gasteiger partial charge in [0.05, 0.1) is 49.2 Å². The van der Waals surface area contributed by atoms with Crippen molar-refractivity contribution in [2.75, 3.05) is 38.2 Å². The number of sulfone groups is 1. The fourth-order valence-corrected chi connectivity index (χ4v) is 7.47. The Morgan fingerprint density at radius 3 is 2.81 bits per heavy atom. The molecule has 2 aromatic heterocycles. The standard InChI is InChI=1S/C29H25ClFN5O5S2/c30-24-14-20(5-7-26(24)43(38,39)23-3-1-2-18(31)12-23)35-28-27-25(33-17-34-28)15-22(42-27)6-4-19-13-21(16-32-19)41-29(37)36-8-10-40-11-9-36/h1-3,5,7,12,14-15,17,19,21,32H,8-11,13,16H2,(H,33,34,35). The summed E-state index contributed by atoms with van der Waals surface area (Å²) in [4.78, 5) is 23.2. The summed E-state index contributed by atoms with van der Waals surface area (Å²) in [6, 6.07) is 10.9. The van der Waals surface area contributed by atoms with Gasteiger partial charge >= 0.3 is 6.09 Å². The molecule has 0 bridgehead atoms. The van der Waals surface area contributed by atoms with Crippen molar-refractivity contribution in [3.05, 3.63) is 70.6 Å². The molecule has 2 unspecified atom stereocenters. The first kappa shape index (κ1) is 29.3. The van der Waals surface area contributed by atoms with Gasteiger partial charge in [0, 0.05) is 31.7 Å². The molecule has 0 aliphatic carbocycles. The second kappa shape index (κ2) is 12.4. The molecule has 2 aliphatic heterocycles. The van der Waals surface area contributed by atoms with Crippen LogP contribution in [-0.2, 0) is 19.3 Å². The number of amides is 1. The molecule has 14 heteroatoms. The van der Waals surface area contributed by atoms with E-state index in [1.165, 1.54) is 48.0 Å². The molecule has 4 aromatic rings. The van der Waals surface area contributed by atoms with E-state index in [4.69, 9.17) is 21.1 Å². The molecule has 0 spiro atoms. The summed E-state index contributed by atoms with van der Waals surface area (Å²) < 4.78 is 51.3. The van der Waals surface area contributed by atoms with Gasteiger partial charge in [-0.25, -0.2) is 27.6 Å². The number of nitrogens with zero attached hydrogens (tertiary/aromatic N) is 3. The molecule has 2 N–H and O–H groups in total. The van der Waals surface area contributed by atoms with Crippen LogP contribution in [-0.4, -0.2) is 74.4 Å². The van der Waals surface area contributed by atoms with Crippen molar-refractivity contribution in [2.45, 2.75) is 28.4 Å². The maximum Gasteiger partial charge on any atom is 0.410 e. The summed E-state index contributed by atoms with van der Waals surface area (Å²) in [5.41, 5.74) is 1.21. The average molecular weight is 642 g/mol. The quantitative estimate of drug-likeness (QED) is 0.301. The molecule has 2 aliphatic rings. The lowest BCUT2D eigenvalue weighted by Crippen LogP contribution is -2.42. The normalized spacial score (nSPS) is 18.7. The number of nitrogens with one attached hydrogen (secondary N) is 2. The topological polar surface area (TPSA) is 123 Å². The van der Waals surface area contributed by atoms with Gasteiger partial charge in [0.1, 0.15) is 18.2 Å². The molecule has 43 heavy (non-hydrogen) atoms. The van der Waals surface area contributed by atoms with E-state index in [-0.39, 0.29) is 33.1 Å². The first-order chi connectivity index (χ1) is 20.8. The van der Waals surface area contributed by atoms with Crippen molar-refractivity contribution < 1.29 is 27.1 Å². The molecular formula is C29H25ClFN5O5S2. The Bertz CT molecular complexity index is 1850. The van der Waals surface area contributed by atoms with Gasteiger partial charge < -0.3 is 19.7 Å². The van der Waals surface area contributed by atoms with E-state index in [0.717, 1.165) is 15.6 Å². The summed E-state index contributed by atoms with van der Waals surface area (Å²) in [5, 5.41) is 6.45. The Morgan fingerprint density at radius 2 is 2.02 bits per heavy atom. The van der Waals surface area contributed by atoms with Crippen LogP contribution in [0.25, 0.3) is 10.2 Å². The molecule has 0 saturated carbocycles. The van der Waals surface area contributed by atoms with Gasteiger partial charge in [0.2, 0.25) is 9.84 Å². The van der Waals surface area contributed by atoms with Crippen LogP contribution < -0.4 is 10.6 Å². The van der Waals surface area contributed by atoms with Crippen molar-refractivity contribution in [1.29, 1.82) is 0 Å². The summed E-state index contributed by atoms with van der Waals surface area (Å²) in [6.07, 6.45) is 1.44. The van der Waals surface area contributed by atoms with Crippen LogP contribution in [0.15, 0.2) is 64.6 Å². The molecule has 4 heterocycles. The zero-order valence-electron chi connectivity index (χ0n) is 22.5. The van der Waals surface area contributed by atoms with Crippen molar-refractivity contribution in [3.8, 4) is 11.8 Å². The average Bonchev–Trinajstić information content (AvgIpc) is 3.63. The molecule has 10 nitrogen and oxygen atoms in total. The predicted octanol–water partition coefficient (Wildman–Crippen LogP) is 4.61. The summed E-state index contributed by atoms with van der Waals surface area (Å²) in [5.74, 6) is 6.25. The first-order valence-electron chi connectivity index (χ1n) is 13.4. The highest BCUT2D eigenvalue weighted by molar-refractivity contribution is 7.91. The molecule has 2 fully saturated rings. The molecule has 2 aromatic carbocycles. The Labute approximate surface area is 256 Å². The highest BCUT2D eigenvalue weighted by atomic mass is 35.5.